The lowest BCUT2D eigenvalue weighted by atomic mass is 10.2. The molecule has 1 aromatic carbocycles. The summed E-state index contributed by atoms with van der Waals surface area (Å²) in [5.41, 5.74) is -4.34. The molecule has 19 heavy (non-hydrogen) atoms. The molecule has 2 rings (SSSR count). The summed E-state index contributed by atoms with van der Waals surface area (Å²) in [5.74, 6) is 0. The molecular formula is C12H9F3N2O2. The number of aromatic nitrogens is 2. The molecule has 0 amide bonds. The number of nitrogens with zero attached hydrogens (tertiary/aromatic N) is 1. The van der Waals surface area contributed by atoms with Gasteiger partial charge in [-0.25, -0.2) is 0 Å². The normalized spacial score (nSPS) is 11.6. The first-order valence-corrected chi connectivity index (χ1v) is 5.31. The van der Waals surface area contributed by atoms with E-state index in [1.807, 2.05) is 0 Å². The molecule has 0 saturated heterocycles. The lowest BCUT2D eigenvalue weighted by Gasteiger charge is -2.15. The standard InChI is InChI=1S/C12H9F3N2O2/c1-7-9(12(13,14)15)10(18)11(19)16-17(7)8-5-3-2-4-6-8/h2-6H,1H3,(H,16,19). The number of H-pyrrole nitrogens is 1. The molecule has 4 nitrogen and oxygen atoms in total. The molecule has 1 heterocycles. The highest BCUT2D eigenvalue weighted by Gasteiger charge is 2.37. The third-order valence-electron chi connectivity index (χ3n) is 2.64. The van der Waals surface area contributed by atoms with Gasteiger partial charge in [0.15, 0.2) is 0 Å². The van der Waals surface area contributed by atoms with Crippen LogP contribution in [-0.2, 0) is 6.18 Å². The zero-order valence-electron chi connectivity index (χ0n) is 9.78. The van der Waals surface area contributed by atoms with Crippen LogP contribution in [0.1, 0.15) is 11.3 Å². The average molecular weight is 270 g/mol. The number of rotatable bonds is 1. The predicted molar refractivity (Wildman–Crippen MR) is 62.4 cm³/mol. The van der Waals surface area contributed by atoms with Crippen molar-refractivity contribution in [2.24, 2.45) is 0 Å². The lowest BCUT2D eigenvalue weighted by Crippen LogP contribution is -2.38. The van der Waals surface area contributed by atoms with E-state index in [0.717, 1.165) is 11.6 Å². The summed E-state index contributed by atoms with van der Waals surface area (Å²) in [6, 6.07) is 7.95. The third-order valence-corrected chi connectivity index (χ3v) is 2.64. The minimum atomic E-state index is -4.87. The molecular weight excluding hydrogens is 261 g/mol. The van der Waals surface area contributed by atoms with E-state index < -0.39 is 22.7 Å². The topological polar surface area (TPSA) is 54.9 Å². The molecule has 100 valence electrons. The number of nitrogens with one attached hydrogen (secondary N) is 1. The minimum absolute atomic E-state index is 0.336. The van der Waals surface area contributed by atoms with Crippen molar-refractivity contribution in [1.29, 1.82) is 0 Å². The van der Waals surface area contributed by atoms with E-state index in [4.69, 9.17) is 0 Å². The number of hydrogen-bond donors (Lipinski definition) is 1. The number of benzene rings is 1. The van der Waals surface area contributed by atoms with Crippen molar-refractivity contribution in [1.82, 2.24) is 9.78 Å². The molecule has 0 spiro atoms. The Hall–Kier alpha value is -2.31. The van der Waals surface area contributed by atoms with Crippen LogP contribution in [0.2, 0.25) is 0 Å². The van der Waals surface area contributed by atoms with Crippen molar-refractivity contribution >= 4 is 0 Å². The van der Waals surface area contributed by atoms with Gasteiger partial charge in [0.1, 0.15) is 5.56 Å². The summed E-state index contributed by atoms with van der Waals surface area (Å²) in [7, 11) is 0. The van der Waals surface area contributed by atoms with Gasteiger partial charge in [0.2, 0.25) is 0 Å². The van der Waals surface area contributed by atoms with Crippen LogP contribution < -0.4 is 11.0 Å². The quantitative estimate of drug-likeness (QED) is 0.804. The first-order chi connectivity index (χ1) is 8.82. The highest BCUT2D eigenvalue weighted by atomic mass is 19.4. The summed E-state index contributed by atoms with van der Waals surface area (Å²) < 4.78 is 39.4. The van der Waals surface area contributed by atoms with Crippen molar-refractivity contribution < 1.29 is 13.2 Å². The molecule has 0 bridgehead atoms. The second-order valence-electron chi connectivity index (χ2n) is 3.90. The predicted octanol–water partition coefficient (Wildman–Crippen LogP) is 1.85. The molecule has 0 unspecified atom stereocenters. The van der Waals surface area contributed by atoms with Crippen molar-refractivity contribution in [2.45, 2.75) is 13.1 Å². The molecule has 0 aliphatic carbocycles. The molecule has 2 aromatic rings. The van der Waals surface area contributed by atoms with Gasteiger partial charge in [-0.15, -0.1) is 0 Å². The number of alkyl halides is 3. The Morgan fingerprint density at radius 3 is 2.21 bits per heavy atom. The van der Waals surface area contributed by atoms with Gasteiger partial charge in [0.05, 0.1) is 11.4 Å². The zero-order chi connectivity index (χ0) is 14.2. The Kier molecular flexibility index (Phi) is 3.05. The maximum atomic E-state index is 12.8. The van der Waals surface area contributed by atoms with E-state index in [-0.39, 0.29) is 5.69 Å². The largest absolute Gasteiger partial charge is 0.422 e. The van der Waals surface area contributed by atoms with Crippen molar-refractivity contribution in [2.75, 3.05) is 0 Å². The summed E-state index contributed by atoms with van der Waals surface area (Å²) in [6.07, 6.45) is -4.87. The SMILES string of the molecule is Cc1c(C(F)(F)F)c(=O)c(=O)[nH]n1-c1ccccc1. The maximum absolute atomic E-state index is 12.8. The highest BCUT2D eigenvalue weighted by molar-refractivity contribution is 5.34. The molecule has 1 N–H and O–H groups in total. The second-order valence-corrected chi connectivity index (χ2v) is 3.90. The Bertz CT molecular complexity index is 714. The number of para-hydroxylation sites is 1. The molecule has 7 heteroatoms. The minimum Gasteiger partial charge on any atom is -0.283 e. The molecule has 0 saturated carbocycles. The fourth-order valence-corrected chi connectivity index (χ4v) is 1.79. The number of hydrogen-bond acceptors (Lipinski definition) is 2. The van der Waals surface area contributed by atoms with Gasteiger partial charge >= 0.3 is 11.7 Å². The Morgan fingerprint density at radius 2 is 1.68 bits per heavy atom. The van der Waals surface area contributed by atoms with E-state index in [1.54, 1.807) is 18.2 Å². The van der Waals surface area contributed by atoms with Crippen molar-refractivity contribution in [3.8, 4) is 5.69 Å². The summed E-state index contributed by atoms with van der Waals surface area (Å²) >= 11 is 0. The smallest absolute Gasteiger partial charge is 0.283 e. The van der Waals surface area contributed by atoms with E-state index in [0.29, 0.717) is 5.69 Å². The van der Waals surface area contributed by atoms with Crippen LogP contribution in [0.3, 0.4) is 0 Å². The lowest BCUT2D eigenvalue weighted by molar-refractivity contribution is -0.139. The van der Waals surface area contributed by atoms with Crippen molar-refractivity contribution in [3.63, 3.8) is 0 Å². The fourth-order valence-electron chi connectivity index (χ4n) is 1.79. The summed E-state index contributed by atoms with van der Waals surface area (Å²) in [6.45, 7) is 1.13. The molecule has 0 atom stereocenters. The highest BCUT2D eigenvalue weighted by Crippen LogP contribution is 2.28. The molecule has 0 aliphatic rings. The van der Waals surface area contributed by atoms with Crippen LogP contribution >= 0.6 is 0 Å². The maximum Gasteiger partial charge on any atom is 0.422 e. The van der Waals surface area contributed by atoms with Crippen LogP contribution in [0.15, 0.2) is 39.9 Å². The Balaban J connectivity index is 2.84. The Morgan fingerprint density at radius 1 is 1.11 bits per heavy atom. The molecule has 0 aliphatic heterocycles. The van der Waals surface area contributed by atoms with E-state index in [1.165, 1.54) is 12.1 Å². The van der Waals surface area contributed by atoms with Gasteiger partial charge in [-0.2, -0.15) is 13.2 Å². The van der Waals surface area contributed by atoms with Crippen molar-refractivity contribution in [3.05, 3.63) is 62.2 Å². The van der Waals surface area contributed by atoms with Gasteiger partial charge in [-0.3, -0.25) is 19.4 Å². The van der Waals surface area contributed by atoms with Gasteiger partial charge < -0.3 is 0 Å². The van der Waals surface area contributed by atoms with Gasteiger partial charge in [0.25, 0.3) is 5.43 Å². The first kappa shape index (κ1) is 13.1. The average Bonchev–Trinajstić information content (AvgIpc) is 2.33. The van der Waals surface area contributed by atoms with Gasteiger partial charge in [-0.1, -0.05) is 18.2 Å². The monoisotopic (exact) mass is 270 g/mol. The van der Waals surface area contributed by atoms with Crippen LogP contribution in [-0.4, -0.2) is 9.78 Å². The van der Waals surface area contributed by atoms with Crippen LogP contribution in [0.5, 0.6) is 0 Å². The summed E-state index contributed by atoms with van der Waals surface area (Å²) in [4.78, 5) is 22.7. The van der Waals surface area contributed by atoms with Crippen LogP contribution in [0, 0.1) is 6.92 Å². The summed E-state index contributed by atoms with van der Waals surface area (Å²) in [5, 5.41) is 2.12. The first-order valence-electron chi connectivity index (χ1n) is 5.31. The van der Waals surface area contributed by atoms with E-state index >= 15 is 0 Å². The molecule has 0 fully saturated rings. The number of halogens is 3. The van der Waals surface area contributed by atoms with Crippen LogP contribution in [0.4, 0.5) is 13.2 Å². The molecule has 1 aromatic heterocycles. The third kappa shape index (κ3) is 2.31. The van der Waals surface area contributed by atoms with Crippen LogP contribution in [0.25, 0.3) is 5.69 Å². The second kappa shape index (κ2) is 4.42. The zero-order valence-corrected chi connectivity index (χ0v) is 9.78. The fraction of sp³-hybridized carbons (Fsp3) is 0.167. The van der Waals surface area contributed by atoms with E-state index in [2.05, 4.69) is 5.10 Å². The van der Waals surface area contributed by atoms with Gasteiger partial charge in [-0.05, 0) is 19.1 Å². The molecule has 0 radical (unpaired) electrons. The van der Waals surface area contributed by atoms with E-state index in [9.17, 15) is 22.8 Å². The Labute approximate surface area is 105 Å². The number of aromatic amines is 1. The van der Waals surface area contributed by atoms with Gasteiger partial charge in [0, 0.05) is 0 Å².